The van der Waals surface area contributed by atoms with Gasteiger partial charge in [-0.05, 0) is 18.3 Å². The molecule has 16 heavy (non-hydrogen) atoms. The number of ether oxygens (including phenoxy) is 1. The molecule has 0 aromatic rings. The SMILES string of the molecule is COC(=O)[C@H]1[C@@H]2C[C@H]([C@H](Br)[C@@H]2Br)[C@@H]1C(=O)O. The van der Waals surface area contributed by atoms with Gasteiger partial charge >= 0.3 is 11.9 Å². The number of esters is 1. The van der Waals surface area contributed by atoms with E-state index >= 15 is 0 Å². The predicted octanol–water partition coefficient (Wildman–Crippen LogP) is 1.65. The molecule has 4 nitrogen and oxygen atoms in total. The number of carboxylic acid groups (broad SMARTS) is 1. The first-order valence-corrected chi connectivity index (χ1v) is 6.91. The summed E-state index contributed by atoms with van der Waals surface area (Å²) in [4.78, 5) is 23.2. The topological polar surface area (TPSA) is 63.6 Å². The van der Waals surface area contributed by atoms with Gasteiger partial charge in [0.15, 0.2) is 0 Å². The lowest BCUT2D eigenvalue weighted by atomic mass is 9.79. The number of halogens is 2. The van der Waals surface area contributed by atoms with Crippen LogP contribution >= 0.6 is 31.9 Å². The number of hydrogen-bond acceptors (Lipinski definition) is 3. The van der Waals surface area contributed by atoms with E-state index in [0.717, 1.165) is 6.42 Å². The monoisotopic (exact) mass is 354 g/mol. The third-order valence-corrected chi connectivity index (χ3v) is 6.94. The zero-order valence-corrected chi connectivity index (χ0v) is 11.8. The maximum atomic E-state index is 11.6. The number of rotatable bonds is 2. The Bertz CT molecular complexity index is 333. The zero-order chi connectivity index (χ0) is 12.0. The standard InChI is InChI=1S/C10H12Br2O4/c1-16-10(15)6-4-2-3(5(6)9(13)14)7(11)8(4)12/h3-8H,2H2,1H3,(H,13,14)/t3-,4-,5-,6-,7-,8+/m0/s1. The van der Waals surface area contributed by atoms with Crippen molar-refractivity contribution in [3.05, 3.63) is 0 Å². The first-order valence-electron chi connectivity index (χ1n) is 5.07. The Labute approximate surface area is 110 Å². The van der Waals surface area contributed by atoms with Crippen LogP contribution in [0.4, 0.5) is 0 Å². The van der Waals surface area contributed by atoms with Gasteiger partial charge in [0, 0.05) is 9.65 Å². The molecule has 6 atom stereocenters. The van der Waals surface area contributed by atoms with Crippen LogP contribution in [0.5, 0.6) is 0 Å². The van der Waals surface area contributed by atoms with Gasteiger partial charge in [-0.3, -0.25) is 9.59 Å². The van der Waals surface area contributed by atoms with E-state index < -0.39 is 23.8 Å². The van der Waals surface area contributed by atoms with Crippen molar-refractivity contribution in [2.75, 3.05) is 7.11 Å². The molecule has 2 fully saturated rings. The summed E-state index contributed by atoms with van der Waals surface area (Å²) in [6, 6.07) is 0. The molecule has 0 aromatic carbocycles. The number of fused-ring (bicyclic) bond motifs is 2. The second-order valence-electron chi connectivity index (χ2n) is 4.37. The van der Waals surface area contributed by atoms with Gasteiger partial charge in [0.2, 0.25) is 0 Å². The van der Waals surface area contributed by atoms with Crippen molar-refractivity contribution in [2.45, 2.75) is 16.1 Å². The molecular weight excluding hydrogens is 344 g/mol. The molecule has 6 heteroatoms. The van der Waals surface area contributed by atoms with Crippen LogP contribution in [0.15, 0.2) is 0 Å². The summed E-state index contributed by atoms with van der Waals surface area (Å²) in [6.45, 7) is 0. The Hall–Kier alpha value is -0.100. The van der Waals surface area contributed by atoms with E-state index in [0.29, 0.717) is 0 Å². The van der Waals surface area contributed by atoms with Crippen molar-refractivity contribution >= 4 is 43.8 Å². The first-order chi connectivity index (χ1) is 7.49. The van der Waals surface area contributed by atoms with Crippen molar-refractivity contribution in [1.29, 1.82) is 0 Å². The Kier molecular flexibility index (Phi) is 3.32. The number of carbonyl (C=O) groups is 2. The van der Waals surface area contributed by atoms with E-state index in [-0.39, 0.29) is 21.5 Å². The van der Waals surface area contributed by atoms with Crippen LogP contribution in [0.25, 0.3) is 0 Å². The molecule has 1 N–H and O–H groups in total. The summed E-state index contributed by atoms with van der Waals surface area (Å²) in [7, 11) is 1.31. The minimum Gasteiger partial charge on any atom is -0.481 e. The molecule has 90 valence electrons. The second kappa shape index (κ2) is 4.29. The number of hydrogen-bond donors (Lipinski definition) is 1. The average molecular weight is 356 g/mol. The lowest BCUT2D eigenvalue weighted by molar-refractivity contribution is -0.157. The van der Waals surface area contributed by atoms with Gasteiger partial charge in [0.05, 0.1) is 18.9 Å². The minimum absolute atomic E-state index is 0.0102. The van der Waals surface area contributed by atoms with Crippen LogP contribution in [-0.4, -0.2) is 33.8 Å². The lowest BCUT2D eigenvalue weighted by Gasteiger charge is -2.32. The quantitative estimate of drug-likeness (QED) is 0.604. The molecule has 0 amide bonds. The van der Waals surface area contributed by atoms with E-state index in [1.807, 2.05) is 0 Å². The zero-order valence-electron chi connectivity index (χ0n) is 8.60. The van der Waals surface area contributed by atoms with E-state index in [2.05, 4.69) is 31.9 Å². The average Bonchev–Trinajstić information content (AvgIpc) is 2.76. The molecule has 0 unspecified atom stereocenters. The van der Waals surface area contributed by atoms with Gasteiger partial charge < -0.3 is 9.84 Å². The molecule has 2 rings (SSSR count). The van der Waals surface area contributed by atoms with Crippen LogP contribution in [0.2, 0.25) is 0 Å². The van der Waals surface area contributed by atoms with Crippen LogP contribution < -0.4 is 0 Å². The van der Waals surface area contributed by atoms with Crippen molar-refractivity contribution < 1.29 is 19.4 Å². The number of alkyl halides is 2. The van der Waals surface area contributed by atoms with Crippen molar-refractivity contribution in [3.63, 3.8) is 0 Å². The molecule has 0 aromatic heterocycles. The van der Waals surface area contributed by atoms with E-state index in [4.69, 9.17) is 4.74 Å². The van der Waals surface area contributed by atoms with Crippen LogP contribution in [0, 0.1) is 23.7 Å². The molecule has 2 aliphatic rings. The minimum atomic E-state index is -0.897. The van der Waals surface area contributed by atoms with Crippen LogP contribution in [0.3, 0.4) is 0 Å². The van der Waals surface area contributed by atoms with E-state index in [1.165, 1.54) is 7.11 Å². The Morgan fingerprint density at radius 3 is 2.12 bits per heavy atom. The van der Waals surface area contributed by atoms with Gasteiger partial charge in [0.1, 0.15) is 0 Å². The van der Waals surface area contributed by atoms with Crippen LogP contribution in [0.1, 0.15) is 6.42 Å². The summed E-state index contributed by atoms with van der Waals surface area (Å²) in [5, 5.41) is 9.21. The summed E-state index contributed by atoms with van der Waals surface area (Å²) in [6.07, 6.45) is 0.766. The van der Waals surface area contributed by atoms with E-state index in [1.54, 1.807) is 0 Å². The van der Waals surface area contributed by atoms with Crippen LogP contribution in [-0.2, 0) is 14.3 Å². The summed E-state index contributed by atoms with van der Waals surface area (Å²) >= 11 is 7.03. The molecule has 0 spiro atoms. The molecule has 2 aliphatic carbocycles. The van der Waals surface area contributed by atoms with Gasteiger partial charge in [-0.2, -0.15) is 0 Å². The Balaban J connectivity index is 2.30. The molecular formula is C10H12Br2O4. The van der Waals surface area contributed by atoms with Gasteiger partial charge in [-0.25, -0.2) is 0 Å². The molecule has 0 heterocycles. The van der Waals surface area contributed by atoms with Gasteiger partial charge in [-0.1, -0.05) is 31.9 Å². The number of carbonyl (C=O) groups excluding carboxylic acids is 1. The van der Waals surface area contributed by atoms with Crippen molar-refractivity contribution in [3.8, 4) is 0 Å². The summed E-state index contributed by atoms with van der Waals surface area (Å²) in [5.74, 6) is -2.35. The normalized spacial score (nSPS) is 45.7. The fourth-order valence-electron chi connectivity index (χ4n) is 3.06. The number of carboxylic acids is 1. The largest absolute Gasteiger partial charge is 0.481 e. The molecule has 2 bridgehead atoms. The highest BCUT2D eigenvalue weighted by Crippen LogP contribution is 2.57. The van der Waals surface area contributed by atoms with Crippen molar-refractivity contribution in [2.24, 2.45) is 23.7 Å². The van der Waals surface area contributed by atoms with Crippen molar-refractivity contribution in [1.82, 2.24) is 0 Å². The molecule has 2 saturated carbocycles. The highest BCUT2D eigenvalue weighted by atomic mass is 79.9. The summed E-state index contributed by atoms with van der Waals surface area (Å²) in [5.41, 5.74) is 0. The second-order valence-corrected chi connectivity index (χ2v) is 6.48. The first kappa shape index (κ1) is 12.4. The smallest absolute Gasteiger partial charge is 0.309 e. The third-order valence-electron chi connectivity index (χ3n) is 3.73. The lowest BCUT2D eigenvalue weighted by Crippen LogP contribution is -2.43. The third kappa shape index (κ3) is 1.61. The maximum Gasteiger partial charge on any atom is 0.309 e. The summed E-state index contributed by atoms with van der Waals surface area (Å²) < 4.78 is 4.71. The van der Waals surface area contributed by atoms with Gasteiger partial charge in [0.25, 0.3) is 0 Å². The highest BCUT2D eigenvalue weighted by molar-refractivity contribution is 9.12. The Morgan fingerprint density at radius 1 is 1.19 bits per heavy atom. The van der Waals surface area contributed by atoms with E-state index in [9.17, 15) is 14.7 Å². The maximum absolute atomic E-state index is 11.6. The Morgan fingerprint density at radius 2 is 1.69 bits per heavy atom. The fourth-order valence-corrected chi connectivity index (χ4v) is 4.94. The fraction of sp³-hybridized carbons (Fsp3) is 0.800. The van der Waals surface area contributed by atoms with Gasteiger partial charge in [-0.15, -0.1) is 0 Å². The molecule has 0 aliphatic heterocycles. The molecule has 0 radical (unpaired) electrons. The molecule has 0 saturated heterocycles. The highest BCUT2D eigenvalue weighted by Gasteiger charge is 2.61. The predicted molar refractivity (Wildman–Crippen MR) is 63.7 cm³/mol. The number of aliphatic carboxylic acids is 1. The number of methoxy groups -OCH3 is 1.